The van der Waals surface area contributed by atoms with Gasteiger partial charge >= 0.3 is 0 Å². The van der Waals surface area contributed by atoms with Crippen LogP contribution in [0.2, 0.25) is 0 Å². The van der Waals surface area contributed by atoms with E-state index in [2.05, 4.69) is 29.0 Å². The van der Waals surface area contributed by atoms with Crippen molar-refractivity contribution in [1.29, 1.82) is 0 Å². The van der Waals surface area contributed by atoms with Crippen molar-refractivity contribution in [3.05, 3.63) is 29.6 Å². The van der Waals surface area contributed by atoms with E-state index in [1.165, 1.54) is 6.20 Å². The van der Waals surface area contributed by atoms with Crippen LogP contribution in [0, 0.1) is 0 Å². The molecule has 0 aliphatic heterocycles. The summed E-state index contributed by atoms with van der Waals surface area (Å²) in [5.41, 5.74) is 6.53. The molecule has 5 nitrogen and oxygen atoms in total. The molecule has 1 amide bonds. The number of thiocarbonyl (C=S) groups is 1. The molecule has 0 saturated heterocycles. The normalized spacial score (nSPS) is 10.6. The maximum atomic E-state index is 11.9. The number of hydrogen-bond acceptors (Lipinski definition) is 4. The van der Waals surface area contributed by atoms with E-state index in [-0.39, 0.29) is 10.9 Å². The van der Waals surface area contributed by atoms with Crippen molar-refractivity contribution < 1.29 is 4.79 Å². The highest BCUT2D eigenvalue weighted by Crippen LogP contribution is 2.00. The molecule has 0 aliphatic rings. The van der Waals surface area contributed by atoms with Gasteiger partial charge in [-0.25, -0.2) is 0 Å². The van der Waals surface area contributed by atoms with Crippen LogP contribution in [0.15, 0.2) is 18.3 Å². The Morgan fingerprint density at radius 1 is 1.40 bits per heavy atom. The molecule has 0 spiro atoms. The van der Waals surface area contributed by atoms with Crippen LogP contribution in [0.4, 0.5) is 0 Å². The zero-order chi connectivity index (χ0) is 15.0. The monoisotopic (exact) mass is 294 g/mol. The highest BCUT2D eigenvalue weighted by atomic mass is 32.1. The zero-order valence-corrected chi connectivity index (χ0v) is 12.9. The average molecular weight is 294 g/mol. The maximum Gasteiger partial charge on any atom is 0.269 e. The Morgan fingerprint density at radius 3 is 2.60 bits per heavy atom. The van der Waals surface area contributed by atoms with Crippen molar-refractivity contribution in [3.8, 4) is 0 Å². The van der Waals surface area contributed by atoms with Gasteiger partial charge in [0.15, 0.2) is 0 Å². The van der Waals surface area contributed by atoms with E-state index < -0.39 is 0 Å². The standard InChI is InChI=1S/C14H22N4OS/c1-3-18(4-2)9-5-8-16-14(19)12-7-6-11(10-17-12)13(15)20/h6-7,10H,3-5,8-9H2,1-2H3,(H2,15,20)(H,16,19). The number of hydrogen-bond donors (Lipinski definition) is 2. The molecular weight excluding hydrogens is 272 g/mol. The summed E-state index contributed by atoms with van der Waals surface area (Å²) in [6, 6.07) is 3.34. The quantitative estimate of drug-likeness (QED) is 0.556. The van der Waals surface area contributed by atoms with Crippen LogP contribution in [0.25, 0.3) is 0 Å². The summed E-state index contributed by atoms with van der Waals surface area (Å²) in [7, 11) is 0. The molecule has 6 heteroatoms. The molecule has 0 atom stereocenters. The fraction of sp³-hybridized carbons (Fsp3) is 0.500. The van der Waals surface area contributed by atoms with Crippen LogP contribution in [0.1, 0.15) is 36.3 Å². The van der Waals surface area contributed by atoms with E-state index in [1.807, 2.05) is 0 Å². The van der Waals surface area contributed by atoms with Crippen molar-refractivity contribution in [1.82, 2.24) is 15.2 Å². The van der Waals surface area contributed by atoms with Crippen LogP contribution in [-0.4, -0.2) is 47.0 Å². The van der Waals surface area contributed by atoms with Gasteiger partial charge in [-0.1, -0.05) is 26.1 Å². The molecular formula is C14H22N4OS. The Morgan fingerprint density at radius 2 is 2.10 bits per heavy atom. The highest BCUT2D eigenvalue weighted by molar-refractivity contribution is 7.80. The second-order valence-electron chi connectivity index (χ2n) is 4.43. The average Bonchev–Trinajstić information content (AvgIpc) is 2.47. The molecule has 1 heterocycles. The number of carbonyl (C=O) groups is 1. The van der Waals surface area contributed by atoms with Crippen LogP contribution < -0.4 is 11.1 Å². The topological polar surface area (TPSA) is 71.2 Å². The first-order chi connectivity index (χ1) is 9.58. The Hall–Kier alpha value is -1.53. The molecule has 1 aromatic heterocycles. The molecule has 0 aromatic carbocycles. The third-order valence-electron chi connectivity index (χ3n) is 3.11. The van der Waals surface area contributed by atoms with E-state index >= 15 is 0 Å². The van der Waals surface area contributed by atoms with Crippen molar-refractivity contribution >= 4 is 23.1 Å². The second kappa shape index (κ2) is 8.60. The van der Waals surface area contributed by atoms with Crippen LogP contribution in [0.3, 0.4) is 0 Å². The number of nitrogens with one attached hydrogen (secondary N) is 1. The predicted octanol–water partition coefficient (Wildman–Crippen LogP) is 1.18. The lowest BCUT2D eigenvalue weighted by Gasteiger charge is -2.17. The summed E-state index contributed by atoms with van der Waals surface area (Å²) in [6.45, 7) is 7.97. The van der Waals surface area contributed by atoms with Gasteiger partial charge in [0.05, 0.1) is 0 Å². The minimum atomic E-state index is -0.168. The summed E-state index contributed by atoms with van der Waals surface area (Å²) in [5.74, 6) is -0.168. The van der Waals surface area contributed by atoms with E-state index in [4.69, 9.17) is 18.0 Å². The van der Waals surface area contributed by atoms with Crippen LogP contribution >= 0.6 is 12.2 Å². The fourth-order valence-electron chi connectivity index (χ4n) is 1.81. The summed E-state index contributed by atoms with van der Waals surface area (Å²) >= 11 is 4.84. The third-order valence-corrected chi connectivity index (χ3v) is 3.35. The number of nitrogens with two attached hydrogens (primary N) is 1. The minimum absolute atomic E-state index is 0.168. The number of carbonyl (C=O) groups excluding carboxylic acids is 1. The first-order valence-corrected chi connectivity index (χ1v) is 7.25. The van der Waals surface area contributed by atoms with Gasteiger partial charge in [0.1, 0.15) is 10.7 Å². The van der Waals surface area contributed by atoms with Crippen molar-refractivity contribution in [2.75, 3.05) is 26.2 Å². The number of pyridine rings is 1. The smallest absolute Gasteiger partial charge is 0.269 e. The van der Waals surface area contributed by atoms with Gasteiger partial charge in [-0.3, -0.25) is 9.78 Å². The van der Waals surface area contributed by atoms with Gasteiger partial charge in [0.25, 0.3) is 5.91 Å². The summed E-state index contributed by atoms with van der Waals surface area (Å²) < 4.78 is 0. The van der Waals surface area contributed by atoms with Crippen LogP contribution in [-0.2, 0) is 0 Å². The van der Waals surface area contributed by atoms with Crippen molar-refractivity contribution in [2.24, 2.45) is 5.73 Å². The molecule has 3 N–H and O–H groups in total. The van der Waals surface area contributed by atoms with Gasteiger partial charge < -0.3 is 16.0 Å². The number of aromatic nitrogens is 1. The van der Waals surface area contributed by atoms with Gasteiger partial charge in [-0.05, 0) is 38.2 Å². The molecule has 0 unspecified atom stereocenters. The van der Waals surface area contributed by atoms with Gasteiger partial charge in [0.2, 0.25) is 0 Å². The zero-order valence-electron chi connectivity index (χ0n) is 12.1. The molecule has 1 rings (SSSR count). The van der Waals surface area contributed by atoms with E-state index in [0.29, 0.717) is 17.8 Å². The molecule has 0 fully saturated rings. The predicted molar refractivity (Wildman–Crippen MR) is 84.9 cm³/mol. The van der Waals surface area contributed by atoms with Gasteiger partial charge in [-0.15, -0.1) is 0 Å². The van der Waals surface area contributed by atoms with Crippen molar-refractivity contribution in [3.63, 3.8) is 0 Å². The molecule has 1 aromatic rings. The molecule has 110 valence electrons. The number of nitrogens with zero attached hydrogens (tertiary/aromatic N) is 2. The molecule has 20 heavy (non-hydrogen) atoms. The summed E-state index contributed by atoms with van der Waals surface area (Å²) in [6.07, 6.45) is 2.45. The van der Waals surface area contributed by atoms with Gasteiger partial charge in [-0.2, -0.15) is 0 Å². The van der Waals surface area contributed by atoms with Crippen LogP contribution in [0.5, 0.6) is 0 Å². The van der Waals surface area contributed by atoms with E-state index in [1.54, 1.807) is 12.1 Å². The van der Waals surface area contributed by atoms with Gasteiger partial charge in [0, 0.05) is 18.3 Å². The number of amides is 1. The minimum Gasteiger partial charge on any atom is -0.389 e. The Bertz CT molecular complexity index is 443. The first-order valence-electron chi connectivity index (χ1n) is 6.84. The number of rotatable bonds is 8. The second-order valence-corrected chi connectivity index (χ2v) is 4.87. The highest BCUT2D eigenvalue weighted by Gasteiger charge is 2.07. The Kier molecular flexibility index (Phi) is 7.11. The Balaban J connectivity index is 2.37. The third kappa shape index (κ3) is 5.22. The molecule has 0 radical (unpaired) electrons. The lowest BCUT2D eigenvalue weighted by molar-refractivity contribution is 0.0947. The summed E-state index contributed by atoms with van der Waals surface area (Å²) in [4.78, 5) is 18.5. The lowest BCUT2D eigenvalue weighted by Crippen LogP contribution is -2.30. The Labute approximate surface area is 125 Å². The maximum absolute atomic E-state index is 11.9. The molecule has 0 saturated carbocycles. The van der Waals surface area contributed by atoms with E-state index in [0.717, 1.165) is 26.1 Å². The molecule has 0 bridgehead atoms. The first kappa shape index (κ1) is 16.5. The molecule has 0 aliphatic carbocycles. The fourth-order valence-corrected chi connectivity index (χ4v) is 1.93. The van der Waals surface area contributed by atoms with Crippen molar-refractivity contribution in [2.45, 2.75) is 20.3 Å². The SMILES string of the molecule is CCN(CC)CCCNC(=O)c1ccc(C(N)=S)cn1. The summed E-state index contributed by atoms with van der Waals surface area (Å²) in [5, 5.41) is 2.86. The van der Waals surface area contributed by atoms with E-state index in [9.17, 15) is 4.79 Å². The lowest BCUT2D eigenvalue weighted by atomic mass is 10.2. The largest absolute Gasteiger partial charge is 0.389 e.